The van der Waals surface area contributed by atoms with Crippen molar-refractivity contribution < 1.29 is 34.8 Å². The fourth-order valence-corrected chi connectivity index (χ4v) is 7.65. The quantitative estimate of drug-likeness (QED) is 0.124. The molecule has 0 N–H and O–H groups in total. The average Bonchev–Trinajstić information content (AvgIpc) is 3.46. The summed E-state index contributed by atoms with van der Waals surface area (Å²) in [5.41, 5.74) is -2.51. The Kier molecular flexibility index (Phi) is 10.8. The van der Waals surface area contributed by atoms with E-state index in [9.17, 15) is 34.8 Å². The first-order valence-electron chi connectivity index (χ1n) is 12.9. The lowest BCUT2D eigenvalue weighted by Gasteiger charge is -2.19. The largest absolute Gasteiger partial charge is 0.435 e. The van der Waals surface area contributed by atoms with Gasteiger partial charge in [-0.3, -0.25) is 0 Å². The molecule has 0 saturated heterocycles. The third kappa shape index (κ3) is 7.88. The fourth-order valence-electron chi connectivity index (χ4n) is 4.18. The number of halogens is 10. The maximum atomic E-state index is 13.7. The van der Waals surface area contributed by atoms with Crippen molar-refractivity contribution >= 4 is 76.7 Å². The summed E-state index contributed by atoms with van der Waals surface area (Å²) in [6.07, 6.45) is -11.1. The predicted octanol–water partition coefficient (Wildman–Crippen LogP) is 10.2. The molecule has 0 radical (unpaired) electrons. The third-order valence-electron chi connectivity index (χ3n) is 6.20. The van der Waals surface area contributed by atoms with E-state index in [4.69, 9.17) is 23.2 Å². The van der Waals surface area contributed by atoms with E-state index in [0.29, 0.717) is 22.4 Å². The molecule has 0 aliphatic carbocycles. The van der Waals surface area contributed by atoms with Crippen LogP contribution >= 0.6 is 66.8 Å². The molecular formula is C27H22Br2Cl2F6N4O2S2. The van der Waals surface area contributed by atoms with Crippen molar-refractivity contribution in [1.29, 1.82) is 0 Å². The highest BCUT2D eigenvalue weighted by Gasteiger charge is 2.38. The Balaban J connectivity index is 2.17. The van der Waals surface area contributed by atoms with Gasteiger partial charge in [-0.1, -0.05) is 44.0 Å². The summed E-state index contributed by atoms with van der Waals surface area (Å²) in [7, 11) is -4.19. The summed E-state index contributed by atoms with van der Waals surface area (Å²) in [5.74, 6) is 0.549. The van der Waals surface area contributed by atoms with Gasteiger partial charge in [-0.25, -0.2) is 17.8 Å². The van der Waals surface area contributed by atoms with Crippen LogP contribution in [0, 0.1) is 5.92 Å². The Hall–Kier alpha value is -1.72. The monoisotopic (exact) mass is 840 g/mol. The lowest BCUT2D eigenvalue weighted by Crippen LogP contribution is -2.16. The standard InChI is InChI=1S/C27H22Br2Cl2F6N4O2S2/c1-4-45(42,43)19-8-7-17(31)24(25(19)40-21(28)10-20(39-40)27(35,36)37)41-23(22(29)18(38-41)11-26(32,33)34)15-9-14(5-6-16(15)30)44-12-13(2)3/h5-10,13H,4,11-12H2,1-3H3. The molecule has 0 saturated carbocycles. The zero-order chi connectivity index (χ0) is 33.6. The van der Waals surface area contributed by atoms with Gasteiger partial charge in [-0.05, 0) is 68.1 Å². The van der Waals surface area contributed by atoms with Crippen LogP contribution in [-0.2, 0) is 22.4 Å². The lowest BCUT2D eigenvalue weighted by atomic mass is 10.1. The number of sulfone groups is 1. The molecule has 0 fully saturated rings. The molecule has 4 aromatic rings. The maximum absolute atomic E-state index is 13.7. The summed E-state index contributed by atoms with van der Waals surface area (Å²) in [6, 6.07) is 7.81. The molecule has 45 heavy (non-hydrogen) atoms. The molecule has 2 heterocycles. The topological polar surface area (TPSA) is 69.8 Å². The smallest absolute Gasteiger partial charge is 0.228 e. The molecule has 0 spiro atoms. The van der Waals surface area contributed by atoms with E-state index in [1.165, 1.54) is 24.8 Å². The van der Waals surface area contributed by atoms with Crippen LogP contribution < -0.4 is 0 Å². The number of hydrogen-bond donors (Lipinski definition) is 0. The minimum Gasteiger partial charge on any atom is -0.228 e. The molecule has 2 aromatic heterocycles. The normalized spacial score (nSPS) is 12.8. The van der Waals surface area contributed by atoms with Crippen LogP contribution in [0.5, 0.6) is 0 Å². The Morgan fingerprint density at radius 1 is 0.933 bits per heavy atom. The highest BCUT2D eigenvalue weighted by molar-refractivity contribution is 9.10. The van der Waals surface area contributed by atoms with Crippen molar-refractivity contribution in [2.24, 2.45) is 5.92 Å². The van der Waals surface area contributed by atoms with Crippen LogP contribution in [0.4, 0.5) is 26.3 Å². The maximum Gasteiger partial charge on any atom is 0.435 e. The zero-order valence-electron chi connectivity index (χ0n) is 23.4. The van der Waals surface area contributed by atoms with Crippen LogP contribution in [0.15, 0.2) is 55.3 Å². The van der Waals surface area contributed by atoms with Gasteiger partial charge in [0, 0.05) is 22.3 Å². The summed E-state index contributed by atoms with van der Waals surface area (Å²) >= 11 is 21.0. The van der Waals surface area contributed by atoms with Crippen molar-refractivity contribution in [3.63, 3.8) is 0 Å². The average molecular weight is 843 g/mol. The van der Waals surface area contributed by atoms with Crippen molar-refractivity contribution in [1.82, 2.24) is 19.6 Å². The second-order valence-corrected chi connectivity index (χ2v) is 15.8. The molecule has 6 nitrogen and oxygen atoms in total. The van der Waals surface area contributed by atoms with Gasteiger partial charge in [0.15, 0.2) is 15.5 Å². The van der Waals surface area contributed by atoms with Gasteiger partial charge in [0.2, 0.25) is 0 Å². The Morgan fingerprint density at radius 3 is 2.13 bits per heavy atom. The van der Waals surface area contributed by atoms with Crippen LogP contribution in [0.25, 0.3) is 22.6 Å². The second-order valence-electron chi connectivity index (χ2n) is 10.1. The molecular weight excluding hydrogens is 821 g/mol. The molecule has 0 aliphatic heterocycles. The molecule has 2 aromatic carbocycles. The molecule has 18 heteroatoms. The van der Waals surface area contributed by atoms with Crippen LogP contribution in [0.1, 0.15) is 32.2 Å². The molecule has 4 rings (SSSR count). The van der Waals surface area contributed by atoms with E-state index in [0.717, 1.165) is 15.6 Å². The van der Waals surface area contributed by atoms with E-state index >= 15 is 0 Å². The summed E-state index contributed by atoms with van der Waals surface area (Å²) in [4.78, 5) is 0.239. The van der Waals surface area contributed by atoms with Crippen molar-refractivity contribution in [3.05, 3.63) is 66.9 Å². The van der Waals surface area contributed by atoms with Gasteiger partial charge in [0.25, 0.3) is 0 Å². The first-order chi connectivity index (χ1) is 20.7. The third-order valence-corrected chi connectivity index (χ3v) is 11.4. The van der Waals surface area contributed by atoms with Gasteiger partial charge in [-0.15, -0.1) is 11.8 Å². The van der Waals surface area contributed by atoms with E-state index in [-0.39, 0.29) is 36.1 Å². The molecule has 0 atom stereocenters. The highest BCUT2D eigenvalue weighted by atomic mass is 79.9. The second kappa shape index (κ2) is 13.4. The van der Waals surface area contributed by atoms with E-state index in [1.54, 1.807) is 18.2 Å². The minimum atomic E-state index is -4.92. The van der Waals surface area contributed by atoms with Crippen LogP contribution in [0.2, 0.25) is 10.0 Å². The molecule has 0 aliphatic rings. The fraction of sp³-hybridized carbons (Fsp3) is 0.333. The van der Waals surface area contributed by atoms with E-state index < -0.39 is 56.3 Å². The van der Waals surface area contributed by atoms with Gasteiger partial charge in [0.05, 0.1) is 43.0 Å². The van der Waals surface area contributed by atoms with Crippen LogP contribution in [0.3, 0.4) is 0 Å². The summed E-state index contributed by atoms with van der Waals surface area (Å²) in [5, 5.41) is 7.67. The summed E-state index contributed by atoms with van der Waals surface area (Å²) in [6.45, 7) is 5.35. The predicted molar refractivity (Wildman–Crippen MR) is 170 cm³/mol. The van der Waals surface area contributed by atoms with E-state index in [1.807, 2.05) is 13.8 Å². The first-order valence-corrected chi connectivity index (χ1v) is 17.9. The lowest BCUT2D eigenvalue weighted by molar-refractivity contribution is -0.141. The Bertz CT molecular complexity index is 1860. The molecule has 0 bridgehead atoms. The van der Waals surface area contributed by atoms with Gasteiger partial charge in [-0.2, -0.15) is 36.5 Å². The first kappa shape index (κ1) is 36.1. The molecule has 0 amide bonds. The highest BCUT2D eigenvalue weighted by Crippen LogP contribution is 2.44. The number of thioether (sulfide) groups is 1. The number of aromatic nitrogens is 4. The number of nitrogens with zero attached hydrogens (tertiary/aromatic N) is 4. The number of alkyl halides is 6. The van der Waals surface area contributed by atoms with Crippen molar-refractivity contribution in [2.75, 3.05) is 11.5 Å². The zero-order valence-corrected chi connectivity index (χ0v) is 29.7. The Labute approximate surface area is 285 Å². The van der Waals surface area contributed by atoms with Gasteiger partial charge in [0.1, 0.15) is 16.0 Å². The summed E-state index contributed by atoms with van der Waals surface area (Å²) < 4.78 is 110. The number of rotatable bonds is 9. The van der Waals surface area contributed by atoms with Crippen molar-refractivity contribution in [3.8, 4) is 22.6 Å². The molecule has 0 unspecified atom stereocenters. The van der Waals surface area contributed by atoms with Gasteiger partial charge >= 0.3 is 12.4 Å². The minimum absolute atomic E-state index is 0.0419. The SMILES string of the molecule is CCS(=O)(=O)c1ccc(Cl)c(-n2nc(CC(F)(F)F)c(Br)c2-c2cc(SCC(C)C)ccc2Cl)c1-n1nc(C(F)(F)F)cc1Br. The van der Waals surface area contributed by atoms with Crippen LogP contribution in [-0.4, -0.2) is 45.7 Å². The van der Waals surface area contributed by atoms with Crippen molar-refractivity contribution in [2.45, 2.75) is 49.3 Å². The number of hydrogen-bond acceptors (Lipinski definition) is 5. The number of benzene rings is 2. The Morgan fingerprint density at radius 2 is 1.58 bits per heavy atom. The van der Waals surface area contributed by atoms with Gasteiger partial charge < -0.3 is 0 Å². The van der Waals surface area contributed by atoms with E-state index in [2.05, 4.69) is 42.1 Å². The molecule has 244 valence electrons.